The van der Waals surface area contributed by atoms with Crippen LogP contribution < -0.4 is 14.9 Å². The number of nitrogens with zero attached hydrogens (tertiary/aromatic N) is 6. The maximum Gasteiger partial charge on any atom is 0.256 e. The summed E-state index contributed by atoms with van der Waals surface area (Å²) in [5, 5.41) is 22.3. The van der Waals surface area contributed by atoms with Gasteiger partial charge in [-0.3, -0.25) is 4.84 Å². The zero-order valence-electron chi connectivity index (χ0n) is 19.2. The molecule has 0 saturated heterocycles. The third-order valence-electron chi connectivity index (χ3n) is 4.83. The van der Waals surface area contributed by atoms with Crippen molar-refractivity contribution >= 4 is 40.4 Å². The highest BCUT2D eigenvalue weighted by atomic mass is 35.5. The summed E-state index contributed by atoms with van der Waals surface area (Å²) in [7, 11) is 3.69. The van der Waals surface area contributed by atoms with Crippen molar-refractivity contribution in [3.63, 3.8) is 0 Å². The molecule has 0 saturated carbocycles. The number of phenols is 1. The first-order valence-corrected chi connectivity index (χ1v) is 10.9. The molecular weight excluding hydrogens is 440 g/mol. The second kappa shape index (κ2) is 10.9. The molecule has 1 heterocycles. The highest BCUT2D eigenvalue weighted by molar-refractivity contribution is 6.33. The van der Waals surface area contributed by atoms with Gasteiger partial charge in [0.15, 0.2) is 5.75 Å². The van der Waals surface area contributed by atoms with Gasteiger partial charge in [-0.05, 0) is 49.2 Å². The summed E-state index contributed by atoms with van der Waals surface area (Å²) >= 11 is 6.44. The first kappa shape index (κ1) is 24.1. The standard InChI is InChI=1S/C24H27ClN6O2/c1-5-15-33-31(20-8-6-7-19(23(20)32)29(3)4)24-27-13-11-22(28-24)30(14-12-26)21-16-17(2)9-10-18(21)25/h6-11,13,16,32H,5,14-15H2,1-4H3. The van der Waals surface area contributed by atoms with Gasteiger partial charge in [0.1, 0.15) is 18.1 Å². The van der Waals surface area contributed by atoms with Crippen molar-refractivity contribution in [2.45, 2.75) is 20.3 Å². The quantitative estimate of drug-likeness (QED) is 0.333. The number of hydrogen-bond donors (Lipinski definition) is 1. The molecule has 172 valence electrons. The number of benzene rings is 2. The van der Waals surface area contributed by atoms with Crippen LogP contribution in [0.15, 0.2) is 48.7 Å². The minimum Gasteiger partial charge on any atom is -0.504 e. The van der Waals surface area contributed by atoms with E-state index in [-0.39, 0.29) is 18.2 Å². The predicted molar refractivity (Wildman–Crippen MR) is 132 cm³/mol. The number of halogens is 1. The summed E-state index contributed by atoms with van der Waals surface area (Å²) in [6.45, 7) is 4.37. The third-order valence-corrected chi connectivity index (χ3v) is 5.15. The first-order chi connectivity index (χ1) is 15.9. The Morgan fingerprint density at radius 1 is 1.12 bits per heavy atom. The number of hydrogen-bond acceptors (Lipinski definition) is 8. The van der Waals surface area contributed by atoms with Gasteiger partial charge in [-0.15, -0.1) is 0 Å². The van der Waals surface area contributed by atoms with Crippen molar-refractivity contribution in [1.82, 2.24) is 9.97 Å². The minimum absolute atomic E-state index is 0.0385. The van der Waals surface area contributed by atoms with E-state index in [9.17, 15) is 10.4 Å². The van der Waals surface area contributed by atoms with Gasteiger partial charge in [0.25, 0.3) is 5.95 Å². The smallest absolute Gasteiger partial charge is 0.256 e. The molecule has 3 rings (SSSR count). The molecule has 0 aliphatic heterocycles. The maximum absolute atomic E-state index is 10.9. The van der Waals surface area contributed by atoms with Crippen LogP contribution in [-0.4, -0.2) is 42.3 Å². The predicted octanol–water partition coefficient (Wildman–Crippen LogP) is 5.35. The molecule has 1 aromatic heterocycles. The fourth-order valence-electron chi connectivity index (χ4n) is 3.24. The van der Waals surface area contributed by atoms with E-state index in [4.69, 9.17) is 16.4 Å². The molecule has 9 heteroatoms. The summed E-state index contributed by atoms with van der Waals surface area (Å²) in [6.07, 6.45) is 2.34. The molecule has 8 nitrogen and oxygen atoms in total. The zero-order valence-corrected chi connectivity index (χ0v) is 19.9. The lowest BCUT2D eigenvalue weighted by Gasteiger charge is -2.27. The Labute approximate surface area is 199 Å². The van der Waals surface area contributed by atoms with E-state index < -0.39 is 0 Å². The SMILES string of the molecule is CCCON(c1nccc(N(CC#N)c2cc(C)ccc2Cl)n1)c1cccc(N(C)C)c1O. The average molecular weight is 467 g/mol. The Morgan fingerprint density at radius 3 is 2.58 bits per heavy atom. The van der Waals surface area contributed by atoms with E-state index in [1.807, 2.05) is 57.1 Å². The molecule has 0 radical (unpaired) electrons. The van der Waals surface area contributed by atoms with Gasteiger partial charge < -0.3 is 14.9 Å². The molecular formula is C24H27ClN6O2. The fourth-order valence-corrected chi connectivity index (χ4v) is 3.46. The highest BCUT2D eigenvalue weighted by Gasteiger charge is 2.22. The lowest BCUT2D eigenvalue weighted by Crippen LogP contribution is -2.24. The molecule has 0 aliphatic rings. The van der Waals surface area contributed by atoms with Crippen molar-refractivity contribution in [3.05, 3.63) is 59.2 Å². The van der Waals surface area contributed by atoms with E-state index in [1.165, 1.54) is 5.06 Å². The lowest BCUT2D eigenvalue weighted by atomic mass is 10.2. The van der Waals surface area contributed by atoms with Crippen LogP contribution in [0.5, 0.6) is 5.75 Å². The Balaban J connectivity index is 2.10. The van der Waals surface area contributed by atoms with Crippen LogP contribution in [0, 0.1) is 18.3 Å². The molecule has 33 heavy (non-hydrogen) atoms. The number of para-hydroxylation sites is 1. The maximum atomic E-state index is 10.9. The second-order valence-electron chi connectivity index (χ2n) is 7.58. The summed E-state index contributed by atoms with van der Waals surface area (Å²) < 4.78 is 0. The monoisotopic (exact) mass is 466 g/mol. The van der Waals surface area contributed by atoms with Crippen molar-refractivity contribution in [1.29, 1.82) is 5.26 Å². The fraction of sp³-hybridized carbons (Fsp3) is 0.292. The van der Waals surface area contributed by atoms with E-state index in [0.717, 1.165) is 12.0 Å². The van der Waals surface area contributed by atoms with E-state index in [1.54, 1.807) is 29.3 Å². The number of anilines is 5. The largest absolute Gasteiger partial charge is 0.504 e. The van der Waals surface area contributed by atoms with Gasteiger partial charge in [-0.25, -0.2) is 4.98 Å². The van der Waals surface area contributed by atoms with E-state index >= 15 is 0 Å². The zero-order chi connectivity index (χ0) is 24.0. The molecule has 3 aromatic rings. The van der Waals surface area contributed by atoms with Crippen LogP contribution in [0.25, 0.3) is 0 Å². The molecule has 0 bridgehead atoms. The molecule has 0 unspecified atom stereocenters. The average Bonchev–Trinajstić information content (AvgIpc) is 2.80. The van der Waals surface area contributed by atoms with Crippen molar-refractivity contribution < 1.29 is 9.94 Å². The van der Waals surface area contributed by atoms with Crippen LogP contribution in [0.1, 0.15) is 18.9 Å². The minimum atomic E-state index is 0.0385. The van der Waals surface area contributed by atoms with Gasteiger partial charge in [0.05, 0.1) is 29.1 Å². The summed E-state index contributed by atoms with van der Waals surface area (Å²) in [5.74, 6) is 0.740. The van der Waals surface area contributed by atoms with Crippen molar-refractivity contribution in [2.75, 3.05) is 42.1 Å². The van der Waals surface area contributed by atoms with Crippen LogP contribution in [0.2, 0.25) is 5.02 Å². The summed E-state index contributed by atoms with van der Waals surface area (Å²) in [5.41, 5.74) is 2.71. The highest BCUT2D eigenvalue weighted by Crippen LogP contribution is 2.39. The Hall–Kier alpha value is -3.54. The molecule has 0 aliphatic carbocycles. The normalized spacial score (nSPS) is 10.5. The van der Waals surface area contributed by atoms with Crippen LogP contribution in [-0.2, 0) is 4.84 Å². The third kappa shape index (κ3) is 5.45. The van der Waals surface area contributed by atoms with Gasteiger partial charge in [-0.1, -0.05) is 30.7 Å². The molecule has 2 aromatic carbocycles. The van der Waals surface area contributed by atoms with Gasteiger partial charge in [0, 0.05) is 20.3 Å². The number of aromatic hydroxyl groups is 1. The Kier molecular flexibility index (Phi) is 7.93. The number of nitriles is 1. The van der Waals surface area contributed by atoms with Crippen LogP contribution in [0.3, 0.4) is 0 Å². The van der Waals surface area contributed by atoms with Gasteiger partial charge in [-0.2, -0.15) is 15.3 Å². The summed E-state index contributed by atoms with van der Waals surface area (Å²) in [4.78, 5) is 18.5. The van der Waals surface area contributed by atoms with Crippen molar-refractivity contribution in [2.24, 2.45) is 0 Å². The topological polar surface area (TPSA) is 88.8 Å². The summed E-state index contributed by atoms with van der Waals surface area (Å²) in [6, 6.07) is 14.8. The molecule has 0 amide bonds. The Morgan fingerprint density at radius 2 is 1.88 bits per heavy atom. The number of phenolic OH excluding ortho intramolecular Hbond substituents is 1. The van der Waals surface area contributed by atoms with Crippen LogP contribution >= 0.6 is 11.6 Å². The van der Waals surface area contributed by atoms with Gasteiger partial charge in [0.2, 0.25) is 0 Å². The van der Waals surface area contributed by atoms with E-state index in [0.29, 0.717) is 34.5 Å². The van der Waals surface area contributed by atoms with E-state index in [2.05, 4.69) is 16.0 Å². The Bertz CT molecular complexity index is 1150. The number of aryl methyl sites for hydroxylation is 1. The lowest BCUT2D eigenvalue weighted by molar-refractivity contribution is 0.131. The number of aromatic nitrogens is 2. The van der Waals surface area contributed by atoms with Crippen molar-refractivity contribution in [3.8, 4) is 11.8 Å². The van der Waals surface area contributed by atoms with Gasteiger partial charge >= 0.3 is 0 Å². The second-order valence-corrected chi connectivity index (χ2v) is 7.99. The number of rotatable bonds is 9. The molecule has 0 spiro atoms. The first-order valence-electron chi connectivity index (χ1n) is 10.5. The van der Waals surface area contributed by atoms with Crippen LogP contribution in [0.4, 0.5) is 28.8 Å². The molecule has 1 N–H and O–H groups in total. The molecule has 0 fully saturated rings. The molecule has 0 atom stereocenters.